The molecule has 1 aromatic carbocycles. The van der Waals surface area contributed by atoms with Crippen molar-refractivity contribution in [1.29, 1.82) is 0 Å². The first-order valence-corrected chi connectivity index (χ1v) is 6.52. The van der Waals surface area contributed by atoms with Gasteiger partial charge in [-0.1, -0.05) is 13.8 Å². The van der Waals surface area contributed by atoms with E-state index in [1.807, 2.05) is 11.8 Å². The maximum atomic E-state index is 3.38. The van der Waals surface area contributed by atoms with Gasteiger partial charge in [-0.15, -0.1) is 11.8 Å². The average molecular weight is 224 g/mol. The summed E-state index contributed by atoms with van der Waals surface area (Å²) in [6.45, 7) is 7.33. The third-order valence-corrected chi connectivity index (χ3v) is 2.94. The van der Waals surface area contributed by atoms with E-state index >= 15 is 0 Å². The van der Waals surface area contributed by atoms with Gasteiger partial charge in [0.25, 0.3) is 0 Å². The minimum atomic E-state index is 0.980. The number of anilines is 1. The van der Waals surface area contributed by atoms with Gasteiger partial charge in [0.15, 0.2) is 0 Å². The Kier molecular flexibility index (Phi) is 6.28. The van der Waals surface area contributed by atoms with Crippen LogP contribution in [0.15, 0.2) is 29.2 Å². The van der Waals surface area contributed by atoms with Gasteiger partial charge >= 0.3 is 0 Å². The molecule has 0 spiro atoms. The van der Waals surface area contributed by atoms with Gasteiger partial charge in [0.1, 0.15) is 0 Å². The van der Waals surface area contributed by atoms with E-state index in [2.05, 4.69) is 48.7 Å². The van der Waals surface area contributed by atoms with Crippen molar-refractivity contribution in [2.24, 2.45) is 0 Å². The van der Waals surface area contributed by atoms with Gasteiger partial charge in [0.05, 0.1) is 0 Å². The van der Waals surface area contributed by atoms with Crippen molar-refractivity contribution < 1.29 is 0 Å². The largest absolute Gasteiger partial charge is 0.384 e. The highest BCUT2D eigenvalue weighted by Gasteiger charge is 1.93. The quantitative estimate of drug-likeness (QED) is 0.550. The van der Waals surface area contributed by atoms with Gasteiger partial charge in [-0.25, -0.2) is 0 Å². The van der Waals surface area contributed by atoms with Gasteiger partial charge in [-0.2, -0.15) is 0 Å². The van der Waals surface area contributed by atoms with E-state index in [1.165, 1.54) is 10.6 Å². The molecule has 1 aromatic rings. The van der Waals surface area contributed by atoms with Crippen LogP contribution in [0.5, 0.6) is 0 Å². The Labute approximate surface area is 96.8 Å². The van der Waals surface area contributed by atoms with E-state index in [9.17, 15) is 0 Å². The summed E-state index contributed by atoms with van der Waals surface area (Å²) < 4.78 is 0. The smallest absolute Gasteiger partial charge is 0.0341 e. The topological polar surface area (TPSA) is 24.1 Å². The van der Waals surface area contributed by atoms with Crippen LogP contribution in [-0.4, -0.2) is 25.4 Å². The van der Waals surface area contributed by atoms with Gasteiger partial charge in [-0.3, -0.25) is 0 Å². The predicted molar refractivity (Wildman–Crippen MR) is 69.9 cm³/mol. The van der Waals surface area contributed by atoms with Crippen LogP contribution in [0.1, 0.15) is 13.8 Å². The minimum Gasteiger partial charge on any atom is -0.384 e. The lowest BCUT2D eigenvalue weighted by Crippen LogP contribution is -2.21. The SMILES string of the molecule is CCNCCNc1ccc(SCC)cc1. The van der Waals surface area contributed by atoms with Crippen molar-refractivity contribution in [2.45, 2.75) is 18.7 Å². The summed E-state index contributed by atoms with van der Waals surface area (Å²) in [5, 5.41) is 6.66. The molecule has 0 heterocycles. The lowest BCUT2D eigenvalue weighted by molar-refractivity contribution is 0.739. The van der Waals surface area contributed by atoms with E-state index in [4.69, 9.17) is 0 Å². The van der Waals surface area contributed by atoms with Gasteiger partial charge in [0, 0.05) is 23.7 Å². The Balaban J connectivity index is 2.29. The fourth-order valence-electron chi connectivity index (χ4n) is 1.31. The Morgan fingerprint density at radius 2 is 1.80 bits per heavy atom. The summed E-state index contributed by atoms with van der Waals surface area (Å²) in [6, 6.07) is 8.63. The molecule has 15 heavy (non-hydrogen) atoms. The average Bonchev–Trinajstić information content (AvgIpc) is 2.27. The lowest BCUT2D eigenvalue weighted by Gasteiger charge is -2.07. The molecule has 0 radical (unpaired) electrons. The molecule has 84 valence electrons. The van der Waals surface area contributed by atoms with E-state index in [1.54, 1.807) is 0 Å². The summed E-state index contributed by atoms with van der Waals surface area (Å²) in [6.07, 6.45) is 0. The zero-order valence-corrected chi connectivity index (χ0v) is 10.4. The predicted octanol–water partition coefficient (Wildman–Crippen LogP) is 2.82. The third-order valence-electron chi connectivity index (χ3n) is 2.05. The number of likely N-dealkylation sites (N-methyl/N-ethyl adjacent to an activating group) is 1. The molecule has 0 aliphatic rings. The van der Waals surface area contributed by atoms with Crippen molar-refractivity contribution >= 4 is 17.4 Å². The Morgan fingerprint density at radius 3 is 2.40 bits per heavy atom. The highest BCUT2D eigenvalue weighted by molar-refractivity contribution is 7.99. The summed E-state index contributed by atoms with van der Waals surface area (Å²) in [5.41, 5.74) is 1.20. The number of thioether (sulfide) groups is 1. The number of rotatable bonds is 7. The van der Waals surface area contributed by atoms with Gasteiger partial charge in [-0.05, 0) is 36.6 Å². The minimum absolute atomic E-state index is 0.980. The number of hydrogen-bond acceptors (Lipinski definition) is 3. The molecule has 3 heteroatoms. The molecule has 1 rings (SSSR count). The van der Waals surface area contributed by atoms with Crippen LogP contribution in [0.25, 0.3) is 0 Å². The molecule has 0 amide bonds. The second-order valence-corrected chi connectivity index (χ2v) is 4.58. The standard InChI is InChI=1S/C12H20N2S/c1-3-13-9-10-14-11-5-7-12(8-6-11)15-4-2/h5-8,13-14H,3-4,9-10H2,1-2H3. The molecule has 0 atom stereocenters. The highest BCUT2D eigenvalue weighted by Crippen LogP contribution is 2.19. The summed E-state index contributed by atoms with van der Waals surface area (Å²) in [4.78, 5) is 1.34. The number of nitrogens with one attached hydrogen (secondary N) is 2. The lowest BCUT2D eigenvalue weighted by atomic mass is 10.3. The molecule has 0 unspecified atom stereocenters. The molecule has 0 saturated heterocycles. The van der Waals surface area contributed by atoms with Crippen molar-refractivity contribution in [1.82, 2.24) is 5.32 Å². The molecule has 2 N–H and O–H groups in total. The summed E-state index contributed by atoms with van der Waals surface area (Å²) in [5.74, 6) is 1.13. The molecular formula is C12H20N2S. The monoisotopic (exact) mass is 224 g/mol. The first-order valence-electron chi connectivity index (χ1n) is 5.54. The fourth-order valence-corrected chi connectivity index (χ4v) is 1.97. The van der Waals surface area contributed by atoms with E-state index < -0.39 is 0 Å². The molecular weight excluding hydrogens is 204 g/mol. The Bertz CT molecular complexity index is 259. The zero-order valence-electron chi connectivity index (χ0n) is 9.55. The molecule has 0 aromatic heterocycles. The van der Waals surface area contributed by atoms with Gasteiger partial charge in [0.2, 0.25) is 0 Å². The summed E-state index contributed by atoms with van der Waals surface area (Å²) in [7, 11) is 0. The highest BCUT2D eigenvalue weighted by atomic mass is 32.2. The van der Waals surface area contributed by atoms with Crippen molar-refractivity contribution in [3.8, 4) is 0 Å². The van der Waals surface area contributed by atoms with Crippen LogP contribution in [-0.2, 0) is 0 Å². The van der Waals surface area contributed by atoms with Crippen LogP contribution >= 0.6 is 11.8 Å². The number of hydrogen-bond donors (Lipinski definition) is 2. The van der Waals surface area contributed by atoms with E-state index in [0.29, 0.717) is 0 Å². The zero-order chi connectivity index (χ0) is 10.9. The van der Waals surface area contributed by atoms with E-state index in [-0.39, 0.29) is 0 Å². The van der Waals surface area contributed by atoms with Crippen LogP contribution < -0.4 is 10.6 Å². The first-order chi connectivity index (χ1) is 7.36. The second kappa shape index (κ2) is 7.60. The Hall–Kier alpha value is -0.670. The first kappa shape index (κ1) is 12.4. The maximum Gasteiger partial charge on any atom is 0.0341 e. The van der Waals surface area contributed by atoms with Crippen molar-refractivity contribution in [3.63, 3.8) is 0 Å². The summed E-state index contributed by atoms with van der Waals surface area (Å²) >= 11 is 1.88. The van der Waals surface area contributed by atoms with Crippen LogP contribution in [0.2, 0.25) is 0 Å². The third kappa shape index (κ3) is 5.09. The fraction of sp³-hybridized carbons (Fsp3) is 0.500. The van der Waals surface area contributed by atoms with Crippen molar-refractivity contribution in [3.05, 3.63) is 24.3 Å². The molecule has 0 aliphatic carbocycles. The number of benzene rings is 1. The molecule has 0 fully saturated rings. The van der Waals surface area contributed by atoms with Gasteiger partial charge < -0.3 is 10.6 Å². The molecule has 2 nitrogen and oxygen atoms in total. The second-order valence-electron chi connectivity index (χ2n) is 3.24. The van der Waals surface area contributed by atoms with Crippen LogP contribution in [0.4, 0.5) is 5.69 Å². The molecule has 0 aliphatic heterocycles. The molecule has 0 saturated carbocycles. The molecule has 0 bridgehead atoms. The van der Waals surface area contributed by atoms with E-state index in [0.717, 1.165) is 25.4 Å². The van der Waals surface area contributed by atoms with Crippen LogP contribution in [0, 0.1) is 0 Å². The normalized spacial score (nSPS) is 10.3. The maximum absolute atomic E-state index is 3.38. The van der Waals surface area contributed by atoms with Crippen LogP contribution in [0.3, 0.4) is 0 Å². The Morgan fingerprint density at radius 1 is 1.07 bits per heavy atom. The van der Waals surface area contributed by atoms with Crippen molar-refractivity contribution in [2.75, 3.05) is 30.7 Å².